The van der Waals surface area contributed by atoms with Gasteiger partial charge in [0.15, 0.2) is 16.8 Å². The first-order valence-electron chi connectivity index (χ1n) is 9.78. The Balaban J connectivity index is 1.71. The number of aliphatic hydroxyl groups excluding tert-OH is 1. The predicted octanol–water partition coefficient (Wildman–Crippen LogP) is 4.09. The van der Waals surface area contributed by atoms with Crippen molar-refractivity contribution in [3.63, 3.8) is 0 Å². The number of thiazole rings is 1. The average Bonchev–Trinajstić information content (AvgIpc) is 3.46. The van der Waals surface area contributed by atoms with Crippen molar-refractivity contribution in [3.05, 3.63) is 22.5 Å². The molecule has 0 spiro atoms. The minimum atomic E-state index is -5.20. The van der Waals surface area contributed by atoms with Crippen LogP contribution < -0.4 is 15.0 Å². The van der Waals surface area contributed by atoms with Crippen LogP contribution in [0.25, 0.3) is 22.4 Å². The number of alkyl halides is 5. The monoisotopic (exact) mass is 476 g/mol. The Labute approximate surface area is 181 Å². The van der Waals surface area contributed by atoms with E-state index in [0.29, 0.717) is 18.8 Å². The molecule has 0 radical (unpaired) electrons. The molecule has 4 heterocycles. The van der Waals surface area contributed by atoms with Gasteiger partial charge in [0.1, 0.15) is 6.10 Å². The van der Waals surface area contributed by atoms with Gasteiger partial charge in [0.05, 0.1) is 11.2 Å². The molecule has 32 heavy (non-hydrogen) atoms. The maximum Gasteiger partial charge on any atom is 0.573 e. The van der Waals surface area contributed by atoms with Gasteiger partial charge in [0.2, 0.25) is 0 Å². The molecule has 2 fully saturated rings. The van der Waals surface area contributed by atoms with Crippen LogP contribution in [-0.4, -0.2) is 53.0 Å². The van der Waals surface area contributed by atoms with Crippen LogP contribution in [0.5, 0.6) is 5.75 Å². The SMILES string of the molecule is O[C@@H](c1cc(-c2cscn2)c2oc(N3CC4CCC(C3)N4)nc2c1OC(F)(F)F)C(F)F. The molecule has 2 N–H and O–H groups in total. The van der Waals surface area contributed by atoms with Gasteiger partial charge >= 0.3 is 6.36 Å². The van der Waals surface area contributed by atoms with E-state index in [4.69, 9.17) is 4.42 Å². The topological polar surface area (TPSA) is 83.7 Å². The standard InChI is InChI=1S/C19H17F5N4O3S/c20-17(21)14(29)11-3-10(12-6-32-7-25-12)15-13(16(11)31-19(22,23)24)27-18(30-15)28-4-8-1-2-9(5-28)26-8/h3,6-9,14,17,26,29H,1-2,4-5H2/t8?,9?,14-/m0/s1. The lowest BCUT2D eigenvalue weighted by molar-refractivity contribution is -0.274. The fraction of sp³-hybridized carbons (Fsp3) is 0.474. The van der Waals surface area contributed by atoms with E-state index in [-0.39, 0.29) is 29.2 Å². The smallest absolute Gasteiger partial charge is 0.423 e. The lowest BCUT2D eigenvalue weighted by Crippen LogP contribution is -2.51. The van der Waals surface area contributed by atoms with Crippen LogP contribution in [0, 0.1) is 0 Å². The molecular formula is C19H17F5N4O3S. The van der Waals surface area contributed by atoms with E-state index in [1.165, 1.54) is 16.8 Å². The van der Waals surface area contributed by atoms with Gasteiger partial charge in [-0.3, -0.25) is 0 Å². The summed E-state index contributed by atoms with van der Waals surface area (Å²) in [6.45, 7) is 1.08. The van der Waals surface area contributed by atoms with Crippen LogP contribution in [-0.2, 0) is 0 Å². The molecule has 13 heteroatoms. The van der Waals surface area contributed by atoms with Crippen molar-refractivity contribution in [2.75, 3.05) is 18.0 Å². The molecule has 0 amide bonds. The molecule has 3 aromatic rings. The predicted molar refractivity (Wildman–Crippen MR) is 105 cm³/mol. The van der Waals surface area contributed by atoms with Crippen molar-refractivity contribution in [2.24, 2.45) is 0 Å². The van der Waals surface area contributed by atoms with Gasteiger partial charge in [-0.05, 0) is 18.9 Å². The quantitative estimate of drug-likeness (QED) is 0.537. The molecule has 2 bridgehead atoms. The molecule has 7 nitrogen and oxygen atoms in total. The van der Waals surface area contributed by atoms with Crippen molar-refractivity contribution < 1.29 is 36.2 Å². The van der Waals surface area contributed by atoms with E-state index in [9.17, 15) is 27.1 Å². The number of oxazole rings is 1. The molecule has 2 aliphatic rings. The van der Waals surface area contributed by atoms with Crippen LogP contribution in [0.3, 0.4) is 0 Å². The first kappa shape index (κ1) is 21.3. The van der Waals surface area contributed by atoms with Crippen LogP contribution in [0.4, 0.5) is 28.0 Å². The first-order chi connectivity index (χ1) is 15.2. The molecule has 2 unspecified atom stereocenters. The number of aromatic nitrogens is 2. The summed E-state index contributed by atoms with van der Waals surface area (Å²) in [7, 11) is 0. The molecule has 172 valence electrons. The third-order valence-electron chi connectivity index (χ3n) is 5.61. The number of benzene rings is 1. The Morgan fingerprint density at radius 1 is 1.25 bits per heavy atom. The summed E-state index contributed by atoms with van der Waals surface area (Å²) in [5.74, 6) is -1.01. The fourth-order valence-electron chi connectivity index (χ4n) is 4.27. The minimum absolute atomic E-state index is 0.0607. The zero-order valence-corrected chi connectivity index (χ0v) is 17.1. The van der Waals surface area contributed by atoms with Crippen LogP contribution in [0.2, 0.25) is 0 Å². The second kappa shape index (κ2) is 7.81. The number of anilines is 1. The first-order valence-corrected chi connectivity index (χ1v) is 10.7. The highest BCUT2D eigenvalue weighted by Gasteiger charge is 2.39. The lowest BCUT2D eigenvalue weighted by atomic mass is 10.0. The average molecular weight is 476 g/mol. The number of nitrogens with one attached hydrogen (secondary N) is 1. The molecule has 0 aliphatic carbocycles. The summed E-state index contributed by atoms with van der Waals surface area (Å²) in [4.78, 5) is 10.1. The van der Waals surface area contributed by atoms with Gasteiger partial charge in [-0.25, -0.2) is 13.8 Å². The van der Waals surface area contributed by atoms with E-state index in [1.54, 1.807) is 5.38 Å². The van der Waals surface area contributed by atoms with Crippen molar-refractivity contribution in [3.8, 4) is 17.0 Å². The van der Waals surface area contributed by atoms with Crippen LogP contribution in [0.1, 0.15) is 24.5 Å². The number of hydrogen-bond acceptors (Lipinski definition) is 8. The third-order valence-corrected chi connectivity index (χ3v) is 6.19. The number of ether oxygens (including phenoxy) is 1. The van der Waals surface area contributed by atoms with E-state index < -0.39 is 35.7 Å². The Morgan fingerprint density at radius 2 is 1.97 bits per heavy atom. The van der Waals surface area contributed by atoms with Crippen molar-refractivity contribution in [1.82, 2.24) is 15.3 Å². The molecule has 3 atom stereocenters. The molecule has 0 saturated carbocycles. The second-order valence-electron chi connectivity index (χ2n) is 7.76. The molecule has 2 aromatic heterocycles. The lowest BCUT2D eigenvalue weighted by Gasteiger charge is -2.31. The number of piperazine rings is 1. The summed E-state index contributed by atoms with van der Waals surface area (Å²) in [5, 5.41) is 15.0. The number of halogens is 5. The van der Waals surface area contributed by atoms with Crippen molar-refractivity contribution in [1.29, 1.82) is 0 Å². The van der Waals surface area contributed by atoms with E-state index in [0.717, 1.165) is 18.9 Å². The Hall–Kier alpha value is -2.51. The summed E-state index contributed by atoms with van der Waals surface area (Å²) < 4.78 is 76.2. The zero-order valence-electron chi connectivity index (χ0n) is 16.3. The summed E-state index contributed by atoms with van der Waals surface area (Å²) in [5.41, 5.74) is 0.694. The number of aliphatic hydroxyl groups is 1. The van der Waals surface area contributed by atoms with Gasteiger partial charge in [0.25, 0.3) is 12.4 Å². The van der Waals surface area contributed by atoms with Gasteiger partial charge in [-0.2, -0.15) is 4.98 Å². The van der Waals surface area contributed by atoms with Crippen LogP contribution >= 0.6 is 11.3 Å². The van der Waals surface area contributed by atoms with E-state index in [2.05, 4.69) is 20.0 Å². The molecule has 2 aliphatic heterocycles. The largest absolute Gasteiger partial charge is 0.573 e. The zero-order chi connectivity index (χ0) is 22.6. The minimum Gasteiger partial charge on any atom is -0.423 e. The summed E-state index contributed by atoms with van der Waals surface area (Å²) in [6, 6.07) is 1.45. The van der Waals surface area contributed by atoms with Crippen molar-refractivity contribution >= 4 is 28.5 Å². The van der Waals surface area contributed by atoms with Gasteiger partial charge < -0.3 is 24.5 Å². The molecule has 5 rings (SSSR count). The van der Waals surface area contributed by atoms with Gasteiger partial charge in [-0.1, -0.05) is 0 Å². The van der Waals surface area contributed by atoms with Crippen molar-refractivity contribution in [2.45, 2.75) is 43.8 Å². The van der Waals surface area contributed by atoms with E-state index >= 15 is 0 Å². The fourth-order valence-corrected chi connectivity index (χ4v) is 4.82. The molecule has 1 aromatic carbocycles. The number of nitrogens with zero attached hydrogens (tertiary/aromatic N) is 3. The maximum absolute atomic E-state index is 13.3. The number of rotatable bonds is 5. The maximum atomic E-state index is 13.3. The number of fused-ring (bicyclic) bond motifs is 3. The second-order valence-corrected chi connectivity index (χ2v) is 8.48. The van der Waals surface area contributed by atoms with Gasteiger partial charge in [0, 0.05) is 41.7 Å². The Morgan fingerprint density at radius 3 is 2.56 bits per heavy atom. The Kier molecular flexibility index (Phi) is 5.21. The molecular weight excluding hydrogens is 459 g/mol. The molecule has 2 saturated heterocycles. The Bertz CT molecular complexity index is 1110. The van der Waals surface area contributed by atoms with E-state index in [1.807, 2.05) is 4.90 Å². The normalized spacial score (nSPS) is 22.2. The van der Waals surface area contributed by atoms with Gasteiger partial charge in [-0.15, -0.1) is 24.5 Å². The highest BCUT2D eigenvalue weighted by molar-refractivity contribution is 7.07. The highest BCUT2D eigenvalue weighted by Crippen LogP contribution is 2.44. The van der Waals surface area contributed by atoms with Crippen LogP contribution in [0.15, 0.2) is 21.4 Å². The summed E-state index contributed by atoms with van der Waals surface area (Å²) in [6.07, 6.45) is -9.15. The third kappa shape index (κ3) is 3.88. The highest BCUT2D eigenvalue weighted by atomic mass is 32.1. The summed E-state index contributed by atoms with van der Waals surface area (Å²) >= 11 is 1.21. The number of hydrogen-bond donors (Lipinski definition) is 2.